The second-order valence-corrected chi connectivity index (χ2v) is 7.15. The van der Waals surface area contributed by atoms with Crippen molar-refractivity contribution in [1.29, 1.82) is 0 Å². The third-order valence-corrected chi connectivity index (χ3v) is 4.92. The predicted octanol–water partition coefficient (Wildman–Crippen LogP) is 0.157. The van der Waals surface area contributed by atoms with Crippen molar-refractivity contribution in [2.24, 2.45) is 5.73 Å². The second kappa shape index (κ2) is 6.74. The molecule has 1 aliphatic heterocycles. The summed E-state index contributed by atoms with van der Waals surface area (Å²) in [5, 5.41) is 0. The zero-order chi connectivity index (χ0) is 16.3. The van der Waals surface area contributed by atoms with Crippen LogP contribution in [0.4, 0.5) is 0 Å². The Kier molecular flexibility index (Phi) is 5.17. The molecule has 8 heteroatoms. The van der Waals surface area contributed by atoms with Gasteiger partial charge in [-0.15, -0.1) is 0 Å². The minimum absolute atomic E-state index is 0.205. The Balaban J connectivity index is 2.20. The van der Waals surface area contributed by atoms with Crippen molar-refractivity contribution in [3.8, 4) is 0 Å². The molecule has 0 radical (unpaired) electrons. The van der Waals surface area contributed by atoms with E-state index in [9.17, 15) is 13.2 Å². The van der Waals surface area contributed by atoms with Crippen molar-refractivity contribution in [3.63, 3.8) is 0 Å². The van der Waals surface area contributed by atoms with Gasteiger partial charge in [-0.05, 0) is 19.4 Å². The smallest absolute Gasteiger partial charge is 0.280 e. The van der Waals surface area contributed by atoms with Gasteiger partial charge >= 0.3 is 0 Å². The van der Waals surface area contributed by atoms with E-state index in [4.69, 9.17) is 10.5 Å². The Morgan fingerprint density at radius 3 is 2.32 bits per heavy atom. The van der Waals surface area contributed by atoms with E-state index in [-0.39, 0.29) is 25.3 Å². The van der Waals surface area contributed by atoms with Gasteiger partial charge in [-0.3, -0.25) is 4.79 Å². The zero-order valence-electron chi connectivity index (χ0n) is 12.6. The summed E-state index contributed by atoms with van der Waals surface area (Å²) in [6.07, 6.45) is -0.409. The molecule has 1 saturated heterocycles. The summed E-state index contributed by atoms with van der Waals surface area (Å²) in [7, 11) is -3.84. The molecule has 22 heavy (non-hydrogen) atoms. The van der Waals surface area contributed by atoms with Gasteiger partial charge in [-0.25, -0.2) is 0 Å². The van der Waals surface area contributed by atoms with Crippen LogP contribution in [0.1, 0.15) is 25.5 Å². The first kappa shape index (κ1) is 16.9. The average Bonchev–Trinajstić information content (AvgIpc) is 2.44. The van der Waals surface area contributed by atoms with Crippen LogP contribution in [-0.4, -0.2) is 43.9 Å². The molecule has 0 aromatic heterocycles. The molecule has 2 rings (SSSR count). The number of rotatable bonds is 5. The molecule has 1 aromatic carbocycles. The van der Waals surface area contributed by atoms with Crippen molar-refractivity contribution in [1.82, 2.24) is 9.03 Å². The Hall–Kier alpha value is -1.48. The minimum Gasteiger partial charge on any atom is -0.373 e. The van der Waals surface area contributed by atoms with Crippen LogP contribution >= 0.6 is 0 Å². The first-order valence-corrected chi connectivity index (χ1v) is 8.50. The normalized spacial score (nSPS) is 24.8. The number of nitrogens with one attached hydrogen (secondary N) is 1. The van der Waals surface area contributed by atoms with Gasteiger partial charge in [0.1, 0.15) is 6.04 Å². The lowest BCUT2D eigenvalue weighted by molar-refractivity contribution is -0.119. The number of hydrogen-bond acceptors (Lipinski definition) is 4. The van der Waals surface area contributed by atoms with E-state index >= 15 is 0 Å². The van der Waals surface area contributed by atoms with Crippen molar-refractivity contribution in [2.75, 3.05) is 13.1 Å². The zero-order valence-corrected chi connectivity index (χ0v) is 13.4. The summed E-state index contributed by atoms with van der Waals surface area (Å²) >= 11 is 0. The van der Waals surface area contributed by atoms with E-state index in [1.54, 1.807) is 44.2 Å². The van der Waals surface area contributed by atoms with Crippen molar-refractivity contribution in [2.45, 2.75) is 32.1 Å². The molecule has 0 unspecified atom stereocenters. The molecule has 0 spiro atoms. The maximum absolute atomic E-state index is 12.5. The summed E-state index contributed by atoms with van der Waals surface area (Å²) in [6, 6.07) is 7.43. The number of hydrogen-bond donors (Lipinski definition) is 2. The molecule has 122 valence electrons. The SMILES string of the molecule is C[C@@H]1CN(S(=O)(=O)N[C@@H](C(N)=O)c2ccccc2)C[C@@H](C)O1. The van der Waals surface area contributed by atoms with Crippen LogP contribution in [0.5, 0.6) is 0 Å². The van der Waals surface area contributed by atoms with Crippen LogP contribution < -0.4 is 10.5 Å². The van der Waals surface area contributed by atoms with Gasteiger partial charge in [-0.1, -0.05) is 30.3 Å². The summed E-state index contributed by atoms with van der Waals surface area (Å²) in [4.78, 5) is 11.6. The van der Waals surface area contributed by atoms with E-state index in [0.717, 1.165) is 0 Å². The highest BCUT2D eigenvalue weighted by atomic mass is 32.2. The quantitative estimate of drug-likeness (QED) is 0.804. The molecule has 0 bridgehead atoms. The third kappa shape index (κ3) is 4.04. The van der Waals surface area contributed by atoms with Crippen LogP contribution in [0.2, 0.25) is 0 Å². The molecule has 1 aromatic rings. The number of benzene rings is 1. The predicted molar refractivity (Wildman–Crippen MR) is 82.0 cm³/mol. The standard InChI is InChI=1S/C14H21N3O4S/c1-10-8-17(9-11(2)21-10)22(19,20)16-13(14(15)18)12-6-4-3-5-7-12/h3-7,10-11,13,16H,8-9H2,1-2H3,(H2,15,18)/t10-,11-,13-/m1/s1. The Morgan fingerprint density at radius 1 is 1.27 bits per heavy atom. The lowest BCUT2D eigenvalue weighted by Crippen LogP contribution is -2.53. The molecular weight excluding hydrogens is 306 g/mol. The third-order valence-electron chi connectivity index (χ3n) is 3.41. The Labute approximate surface area is 130 Å². The highest BCUT2D eigenvalue weighted by Gasteiger charge is 2.34. The number of amides is 1. The summed E-state index contributed by atoms with van der Waals surface area (Å²) in [5.41, 5.74) is 5.86. The number of ether oxygens (including phenoxy) is 1. The lowest BCUT2D eigenvalue weighted by Gasteiger charge is -2.35. The van der Waals surface area contributed by atoms with E-state index in [0.29, 0.717) is 5.56 Å². The molecule has 7 nitrogen and oxygen atoms in total. The molecule has 0 saturated carbocycles. The Morgan fingerprint density at radius 2 is 1.82 bits per heavy atom. The summed E-state index contributed by atoms with van der Waals surface area (Å²) < 4.78 is 34.2. The van der Waals surface area contributed by atoms with Crippen LogP contribution in [0, 0.1) is 0 Å². The molecule has 3 N–H and O–H groups in total. The van der Waals surface area contributed by atoms with E-state index in [1.807, 2.05) is 0 Å². The molecule has 0 aliphatic carbocycles. The Bertz CT molecular complexity index is 610. The van der Waals surface area contributed by atoms with Crippen LogP contribution in [-0.2, 0) is 19.7 Å². The number of nitrogens with two attached hydrogens (primary N) is 1. The van der Waals surface area contributed by atoms with Gasteiger partial charge in [0, 0.05) is 13.1 Å². The van der Waals surface area contributed by atoms with Gasteiger partial charge in [0.2, 0.25) is 5.91 Å². The number of carbonyl (C=O) groups excluding carboxylic acids is 1. The molecule has 1 heterocycles. The first-order chi connectivity index (χ1) is 10.3. The maximum Gasteiger partial charge on any atom is 0.280 e. The second-order valence-electron chi connectivity index (χ2n) is 5.44. The van der Waals surface area contributed by atoms with E-state index < -0.39 is 22.2 Å². The fourth-order valence-electron chi connectivity index (χ4n) is 2.49. The average molecular weight is 327 g/mol. The molecule has 1 amide bonds. The molecule has 1 fully saturated rings. The largest absolute Gasteiger partial charge is 0.373 e. The van der Waals surface area contributed by atoms with Crippen LogP contribution in [0.25, 0.3) is 0 Å². The van der Waals surface area contributed by atoms with E-state index in [1.165, 1.54) is 4.31 Å². The number of carbonyl (C=O) groups is 1. The van der Waals surface area contributed by atoms with Gasteiger partial charge < -0.3 is 10.5 Å². The first-order valence-electron chi connectivity index (χ1n) is 7.06. The minimum atomic E-state index is -3.84. The van der Waals surface area contributed by atoms with Gasteiger partial charge in [0.25, 0.3) is 10.2 Å². The number of primary amides is 1. The number of nitrogens with zero attached hydrogens (tertiary/aromatic N) is 1. The summed E-state index contributed by atoms with van der Waals surface area (Å²) in [5.74, 6) is -0.746. The fraction of sp³-hybridized carbons (Fsp3) is 0.500. The maximum atomic E-state index is 12.5. The molecular formula is C14H21N3O4S. The van der Waals surface area contributed by atoms with Gasteiger partial charge in [0.05, 0.1) is 12.2 Å². The van der Waals surface area contributed by atoms with Gasteiger partial charge in [-0.2, -0.15) is 17.4 Å². The van der Waals surface area contributed by atoms with Crippen LogP contribution in [0.15, 0.2) is 30.3 Å². The molecule has 1 aliphatic rings. The van der Waals surface area contributed by atoms with Crippen molar-refractivity contribution < 1.29 is 17.9 Å². The fourth-order valence-corrected chi connectivity index (χ4v) is 4.00. The lowest BCUT2D eigenvalue weighted by atomic mass is 10.1. The summed E-state index contributed by atoms with van der Waals surface area (Å²) in [6.45, 7) is 4.09. The highest BCUT2D eigenvalue weighted by molar-refractivity contribution is 7.87. The topological polar surface area (TPSA) is 102 Å². The monoisotopic (exact) mass is 327 g/mol. The van der Waals surface area contributed by atoms with Crippen LogP contribution in [0.3, 0.4) is 0 Å². The highest BCUT2D eigenvalue weighted by Crippen LogP contribution is 2.18. The van der Waals surface area contributed by atoms with Gasteiger partial charge in [0.15, 0.2) is 0 Å². The van der Waals surface area contributed by atoms with E-state index in [2.05, 4.69) is 4.72 Å². The van der Waals surface area contributed by atoms with Crippen molar-refractivity contribution >= 4 is 16.1 Å². The molecule has 3 atom stereocenters. The number of morpholine rings is 1. The van der Waals surface area contributed by atoms with Crippen molar-refractivity contribution in [3.05, 3.63) is 35.9 Å².